The predicted molar refractivity (Wildman–Crippen MR) is 129 cm³/mol. The molecule has 0 amide bonds. The fourth-order valence-electron chi connectivity index (χ4n) is 4.33. The maximum absolute atomic E-state index is 11.2. The number of aliphatic imine (C=N–C) groups is 1. The predicted octanol–water partition coefficient (Wildman–Crippen LogP) is 5.21. The molecule has 0 aromatic rings. The van der Waals surface area contributed by atoms with Gasteiger partial charge in [-0.15, -0.1) is 0 Å². The summed E-state index contributed by atoms with van der Waals surface area (Å²) in [4.78, 5) is 15.6. The van der Waals surface area contributed by atoms with Crippen LogP contribution < -0.4 is 10.8 Å². The normalized spacial score (nSPS) is 18.2. The highest BCUT2D eigenvalue weighted by atomic mass is 16.4. The molecule has 1 aliphatic heterocycles. The van der Waals surface area contributed by atoms with Gasteiger partial charge < -0.3 is 15.6 Å². The van der Waals surface area contributed by atoms with Crippen LogP contribution in [0.4, 0.5) is 0 Å². The van der Waals surface area contributed by atoms with E-state index >= 15 is 0 Å². The zero-order chi connectivity index (χ0) is 22.6. The number of rotatable bonds is 21. The molecule has 5 nitrogen and oxygen atoms in total. The fourth-order valence-corrected chi connectivity index (χ4v) is 4.33. The standard InChI is InChI=1S/C26H47N3O2/c1-2-3-4-5-6-7-8-9-10-11-12-13-14-15-16-17-18-19-25-28-21-23-29(25,22-20-27)24-26(30)31/h11-12,21,23H,2-10,13-20,22,24,27H2,1H3/b12-11+. The number of hydrogen-bond donors (Lipinski definition) is 1. The van der Waals surface area contributed by atoms with Crippen molar-refractivity contribution < 1.29 is 14.4 Å². The number of hydrogen-bond acceptors (Lipinski definition) is 4. The first kappa shape index (κ1) is 27.6. The summed E-state index contributed by atoms with van der Waals surface area (Å²) < 4.78 is 0.239. The van der Waals surface area contributed by atoms with Gasteiger partial charge in [-0.1, -0.05) is 83.3 Å². The first-order valence-electron chi connectivity index (χ1n) is 12.8. The minimum Gasteiger partial charge on any atom is -0.544 e. The Hall–Kier alpha value is -1.46. The van der Waals surface area contributed by atoms with Crippen LogP contribution in [0, 0.1) is 0 Å². The number of aliphatic carboxylic acids is 1. The van der Waals surface area contributed by atoms with Crippen molar-refractivity contribution in [2.45, 2.75) is 110 Å². The largest absolute Gasteiger partial charge is 0.544 e. The number of carbonyl (C=O) groups is 1. The Balaban J connectivity index is 1.98. The Morgan fingerprint density at radius 2 is 1.48 bits per heavy atom. The molecule has 1 unspecified atom stereocenters. The first-order chi connectivity index (χ1) is 15.1. The van der Waals surface area contributed by atoms with Crippen LogP contribution in [0.1, 0.15) is 110 Å². The van der Waals surface area contributed by atoms with Crippen molar-refractivity contribution >= 4 is 11.8 Å². The van der Waals surface area contributed by atoms with E-state index in [0.29, 0.717) is 13.1 Å². The second-order valence-electron chi connectivity index (χ2n) is 8.96. The summed E-state index contributed by atoms with van der Waals surface area (Å²) in [6.07, 6.45) is 28.6. The molecule has 0 aromatic heterocycles. The first-order valence-corrected chi connectivity index (χ1v) is 12.8. The van der Waals surface area contributed by atoms with Gasteiger partial charge in [-0.3, -0.25) is 0 Å². The van der Waals surface area contributed by atoms with Crippen molar-refractivity contribution in [3.8, 4) is 0 Å². The summed E-state index contributed by atoms with van der Waals surface area (Å²) in [6, 6.07) is 0. The number of quaternary nitrogens is 1. The lowest BCUT2D eigenvalue weighted by Gasteiger charge is -2.32. The molecule has 5 heteroatoms. The number of nitrogens with zero attached hydrogens (tertiary/aromatic N) is 2. The lowest BCUT2D eigenvalue weighted by Crippen LogP contribution is -2.55. The smallest absolute Gasteiger partial charge is 0.207 e. The zero-order valence-corrected chi connectivity index (χ0v) is 20.0. The van der Waals surface area contributed by atoms with Gasteiger partial charge in [-0.05, 0) is 32.1 Å². The lowest BCUT2D eigenvalue weighted by atomic mass is 10.1. The summed E-state index contributed by atoms with van der Waals surface area (Å²) in [5, 5.41) is 11.2. The molecule has 1 atom stereocenters. The van der Waals surface area contributed by atoms with Crippen molar-refractivity contribution in [2.75, 3.05) is 19.6 Å². The van der Waals surface area contributed by atoms with Gasteiger partial charge in [0.25, 0.3) is 0 Å². The Kier molecular flexibility index (Phi) is 16.1. The summed E-state index contributed by atoms with van der Waals surface area (Å²) in [6.45, 7) is 3.20. The van der Waals surface area contributed by atoms with Crippen LogP contribution in [0.3, 0.4) is 0 Å². The summed E-state index contributed by atoms with van der Waals surface area (Å²) in [7, 11) is 0. The van der Waals surface area contributed by atoms with Crippen LogP contribution in [0.5, 0.6) is 0 Å². The Bertz CT molecular complexity index is 557. The molecule has 0 radical (unpaired) electrons. The van der Waals surface area contributed by atoms with E-state index in [1.807, 2.05) is 6.20 Å². The number of carboxylic acid groups (broad SMARTS) is 1. The van der Waals surface area contributed by atoms with E-state index in [2.05, 4.69) is 24.1 Å². The van der Waals surface area contributed by atoms with E-state index < -0.39 is 5.97 Å². The SMILES string of the molecule is CCCCCCCCCC/C=C/CCCCCCCC1=NC=C[N+]1(CCN)CC(=O)[O-]. The minimum absolute atomic E-state index is 0.0716. The fraction of sp³-hybridized carbons (Fsp3) is 0.769. The molecule has 178 valence electrons. The molecular formula is C26H47N3O2. The average Bonchev–Trinajstić information content (AvgIpc) is 3.11. The number of carbonyl (C=O) groups excluding carboxylic acids is 1. The van der Waals surface area contributed by atoms with Crippen molar-refractivity contribution in [1.29, 1.82) is 0 Å². The maximum atomic E-state index is 11.2. The third kappa shape index (κ3) is 12.9. The topological polar surface area (TPSA) is 78.5 Å². The van der Waals surface area contributed by atoms with Crippen LogP contribution in [0.2, 0.25) is 0 Å². The molecule has 0 saturated carbocycles. The molecule has 0 fully saturated rings. The minimum atomic E-state index is -1.05. The van der Waals surface area contributed by atoms with Gasteiger partial charge in [0.1, 0.15) is 19.3 Å². The van der Waals surface area contributed by atoms with E-state index in [0.717, 1.165) is 25.1 Å². The molecule has 0 bridgehead atoms. The number of allylic oxidation sites excluding steroid dienone is 2. The van der Waals surface area contributed by atoms with Gasteiger partial charge in [0.2, 0.25) is 5.84 Å². The monoisotopic (exact) mass is 433 g/mol. The van der Waals surface area contributed by atoms with E-state index in [-0.39, 0.29) is 11.0 Å². The van der Waals surface area contributed by atoms with Gasteiger partial charge in [-0.2, -0.15) is 0 Å². The van der Waals surface area contributed by atoms with Crippen LogP contribution in [-0.4, -0.2) is 35.9 Å². The average molecular weight is 434 g/mol. The summed E-state index contributed by atoms with van der Waals surface area (Å²) in [5.41, 5.74) is 5.70. The molecule has 1 heterocycles. The third-order valence-corrected chi connectivity index (χ3v) is 6.19. The van der Waals surface area contributed by atoms with Crippen molar-refractivity contribution in [1.82, 2.24) is 0 Å². The van der Waals surface area contributed by atoms with Crippen LogP contribution in [0.15, 0.2) is 29.5 Å². The maximum Gasteiger partial charge on any atom is 0.207 e. The Morgan fingerprint density at radius 3 is 2.03 bits per heavy atom. The molecule has 1 rings (SSSR count). The molecule has 1 aliphatic rings. The number of unbranched alkanes of at least 4 members (excludes halogenated alkanes) is 13. The van der Waals surface area contributed by atoms with Gasteiger partial charge in [0.15, 0.2) is 0 Å². The summed E-state index contributed by atoms with van der Waals surface area (Å²) in [5.74, 6) is -0.137. The molecule has 0 aliphatic carbocycles. The van der Waals surface area contributed by atoms with E-state index in [9.17, 15) is 9.90 Å². The van der Waals surface area contributed by atoms with Crippen LogP contribution >= 0.6 is 0 Å². The Morgan fingerprint density at radius 1 is 0.935 bits per heavy atom. The highest BCUT2D eigenvalue weighted by Gasteiger charge is 2.34. The van der Waals surface area contributed by atoms with Crippen LogP contribution in [0.25, 0.3) is 0 Å². The zero-order valence-electron chi connectivity index (χ0n) is 20.0. The van der Waals surface area contributed by atoms with Crippen molar-refractivity contribution in [2.24, 2.45) is 10.7 Å². The van der Waals surface area contributed by atoms with Crippen LogP contribution in [-0.2, 0) is 4.79 Å². The van der Waals surface area contributed by atoms with E-state index in [4.69, 9.17) is 5.73 Å². The third-order valence-electron chi connectivity index (χ3n) is 6.19. The number of amidine groups is 1. The molecule has 31 heavy (non-hydrogen) atoms. The van der Waals surface area contributed by atoms with Gasteiger partial charge >= 0.3 is 0 Å². The van der Waals surface area contributed by atoms with Gasteiger partial charge in [-0.25, -0.2) is 9.48 Å². The quantitative estimate of drug-likeness (QED) is 0.153. The highest BCUT2D eigenvalue weighted by molar-refractivity contribution is 5.80. The number of nitrogens with two attached hydrogens (primary N) is 1. The summed E-state index contributed by atoms with van der Waals surface area (Å²) >= 11 is 0. The second-order valence-corrected chi connectivity index (χ2v) is 8.96. The van der Waals surface area contributed by atoms with Crippen molar-refractivity contribution in [3.05, 3.63) is 24.6 Å². The molecule has 0 spiro atoms. The highest BCUT2D eigenvalue weighted by Crippen LogP contribution is 2.21. The van der Waals surface area contributed by atoms with E-state index in [1.165, 1.54) is 83.5 Å². The molecule has 2 N–H and O–H groups in total. The van der Waals surface area contributed by atoms with Crippen molar-refractivity contribution in [3.63, 3.8) is 0 Å². The van der Waals surface area contributed by atoms with Gasteiger partial charge in [0.05, 0.1) is 12.2 Å². The van der Waals surface area contributed by atoms with Gasteiger partial charge in [0, 0.05) is 13.0 Å². The molecule has 0 aromatic carbocycles. The molecule has 0 saturated heterocycles. The lowest BCUT2D eigenvalue weighted by molar-refractivity contribution is -0.780. The molecular weight excluding hydrogens is 386 g/mol. The van der Waals surface area contributed by atoms with E-state index in [1.54, 1.807) is 6.20 Å². The Labute approximate surface area is 191 Å². The second kappa shape index (κ2) is 18.1. The number of carboxylic acids is 1.